The van der Waals surface area contributed by atoms with Crippen molar-refractivity contribution in [3.05, 3.63) is 47.7 Å². The first-order valence-corrected chi connectivity index (χ1v) is 9.87. The minimum absolute atomic E-state index is 0. The maximum Gasteiger partial charge on any atom is 0.323 e. The molecule has 0 spiro atoms. The summed E-state index contributed by atoms with van der Waals surface area (Å²) in [5.41, 5.74) is 3.67. The van der Waals surface area contributed by atoms with Gasteiger partial charge in [-0.15, -0.1) is 12.4 Å². The fourth-order valence-electron chi connectivity index (χ4n) is 3.16. The monoisotopic (exact) mass is 409 g/mol. The van der Waals surface area contributed by atoms with Crippen molar-refractivity contribution < 1.29 is 13.2 Å². The van der Waals surface area contributed by atoms with Gasteiger partial charge in [-0.25, -0.2) is 14.9 Å². The van der Waals surface area contributed by atoms with Crippen LogP contribution in [-0.4, -0.2) is 30.4 Å². The molecule has 1 saturated carbocycles. The lowest BCUT2D eigenvalue weighted by atomic mass is 9.98. The van der Waals surface area contributed by atoms with Crippen LogP contribution in [0.5, 0.6) is 0 Å². The van der Waals surface area contributed by atoms with Gasteiger partial charge in [0.1, 0.15) is 5.82 Å². The summed E-state index contributed by atoms with van der Waals surface area (Å²) in [5, 5.41) is 7.86. The molecular weight excluding hydrogens is 390 g/mol. The van der Waals surface area contributed by atoms with E-state index in [9.17, 15) is 13.2 Å². The number of hydrogen-bond donors (Lipinski definition) is 3. The number of halogens is 1. The average molecular weight is 410 g/mol. The van der Waals surface area contributed by atoms with Crippen molar-refractivity contribution in [3.63, 3.8) is 0 Å². The van der Waals surface area contributed by atoms with Gasteiger partial charge in [0.15, 0.2) is 0 Å². The van der Waals surface area contributed by atoms with Gasteiger partial charge in [-0.05, 0) is 41.7 Å². The molecule has 1 aliphatic heterocycles. The Morgan fingerprint density at radius 2 is 2.07 bits per heavy atom. The van der Waals surface area contributed by atoms with Gasteiger partial charge in [0.25, 0.3) is 10.2 Å². The van der Waals surface area contributed by atoms with Crippen molar-refractivity contribution in [1.82, 2.24) is 14.6 Å². The Labute approximate surface area is 163 Å². The molecule has 1 aromatic heterocycles. The van der Waals surface area contributed by atoms with E-state index in [1.54, 1.807) is 6.20 Å². The number of rotatable bonds is 5. The predicted octanol–water partition coefficient (Wildman–Crippen LogP) is 1.97. The average Bonchev–Trinajstić information content (AvgIpc) is 3.43. The van der Waals surface area contributed by atoms with Crippen LogP contribution in [-0.2, 0) is 23.3 Å². The summed E-state index contributed by atoms with van der Waals surface area (Å²) in [5.74, 6) is 0.581. The zero-order valence-corrected chi connectivity index (χ0v) is 16.0. The van der Waals surface area contributed by atoms with Crippen molar-refractivity contribution in [1.29, 1.82) is 0 Å². The normalized spacial score (nSPS) is 16.3. The molecule has 2 aliphatic rings. The molecule has 2 heterocycles. The van der Waals surface area contributed by atoms with E-state index in [4.69, 9.17) is 5.14 Å². The Hall–Kier alpha value is -2.20. The van der Waals surface area contributed by atoms with Gasteiger partial charge in [-0.2, -0.15) is 13.1 Å². The number of nitrogens with zero attached hydrogens (tertiary/aromatic N) is 2. The first kappa shape index (κ1) is 19.6. The molecule has 2 amide bonds. The Kier molecular flexibility index (Phi) is 5.38. The lowest BCUT2D eigenvalue weighted by Gasteiger charge is -2.30. The zero-order chi connectivity index (χ0) is 18.3. The molecule has 10 heteroatoms. The number of nitrogens with two attached hydrogens (primary N) is 1. The molecule has 4 N–H and O–H groups in total. The summed E-state index contributed by atoms with van der Waals surface area (Å²) < 4.78 is 24.5. The van der Waals surface area contributed by atoms with E-state index in [0.29, 0.717) is 18.4 Å². The molecule has 0 radical (unpaired) electrons. The Morgan fingerprint density at radius 1 is 1.30 bits per heavy atom. The van der Waals surface area contributed by atoms with E-state index in [0.717, 1.165) is 35.1 Å². The van der Waals surface area contributed by atoms with Gasteiger partial charge in [0, 0.05) is 24.3 Å². The van der Waals surface area contributed by atoms with Gasteiger partial charge in [-0.3, -0.25) is 5.32 Å². The van der Waals surface area contributed by atoms with Gasteiger partial charge in [-0.1, -0.05) is 18.2 Å². The van der Waals surface area contributed by atoms with E-state index < -0.39 is 10.2 Å². The lowest BCUT2D eigenvalue weighted by Crippen LogP contribution is -2.40. The summed E-state index contributed by atoms with van der Waals surface area (Å²) in [7, 11) is -3.74. The fourth-order valence-corrected chi connectivity index (χ4v) is 3.53. The van der Waals surface area contributed by atoms with E-state index in [1.807, 2.05) is 35.2 Å². The summed E-state index contributed by atoms with van der Waals surface area (Å²) in [6.45, 7) is 0.638. The molecule has 8 nitrogen and oxygen atoms in total. The number of nitrogens with one attached hydrogen (secondary N) is 2. The number of urea groups is 1. The molecule has 4 rings (SSSR count). The molecule has 1 aromatic carbocycles. The van der Waals surface area contributed by atoms with Gasteiger partial charge in [0.05, 0.1) is 6.54 Å². The van der Waals surface area contributed by atoms with Crippen molar-refractivity contribution in [2.75, 3.05) is 5.32 Å². The topological polar surface area (TPSA) is 117 Å². The number of pyridine rings is 1. The summed E-state index contributed by atoms with van der Waals surface area (Å²) in [6.07, 6.45) is 3.73. The molecule has 144 valence electrons. The molecule has 0 bridgehead atoms. The third kappa shape index (κ3) is 4.38. The Balaban J connectivity index is 0.00000210. The highest BCUT2D eigenvalue weighted by Crippen LogP contribution is 2.36. The molecular formula is C17H20ClN5O3S. The molecule has 1 aliphatic carbocycles. The highest BCUT2D eigenvalue weighted by molar-refractivity contribution is 7.87. The zero-order valence-electron chi connectivity index (χ0n) is 14.4. The van der Waals surface area contributed by atoms with E-state index in [1.165, 1.54) is 0 Å². The summed E-state index contributed by atoms with van der Waals surface area (Å²) >= 11 is 0. The third-order valence-electron chi connectivity index (χ3n) is 4.57. The number of anilines is 1. The first-order valence-electron chi connectivity index (χ1n) is 8.33. The minimum Gasteiger partial charge on any atom is -0.317 e. The summed E-state index contributed by atoms with van der Waals surface area (Å²) in [4.78, 5) is 18.4. The molecule has 27 heavy (non-hydrogen) atoms. The molecule has 2 aromatic rings. The molecule has 0 saturated heterocycles. The highest BCUT2D eigenvalue weighted by Gasteiger charge is 2.36. The minimum atomic E-state index is -3.74. The van der Waals surface area contributed by atoms with Crippen LogP contribution < -0.4 is 15.2 Å². The smallest absolute Gasteiger partial charge is 0.317 e. The van der Waals surface area contributed by atoms with Gasteiger partial charge >= 0.3 is 6.03 Å². The third-order valence-corrected chi connectivity index (χ3v) is 5.12. The second-order valence-electron chi connectivity index (χ2n) is 6.54. The highest BCUT2D eigenvalue weighted by atomic mass is 35.5. The maximum absolute atomic E-state index is 12.2. The number of aromatic nitrogens is 1. The van der Waals surface area contributed by atoms with Crippen molar-refractivity contribution in [2.45, 2.75) is 32.0 Å². The van der Waals surface area contributed by atoms with Gasteiger partial charge < -0.3 is 4.90 Å². The van der Waals surface area contributed by atoms with Gasteiger partial charge in [0.2, 0.25) is 0 Å². The number of amides is 2. The van der Waals surface area contributed by atoms with Crippen molar-refractivity contribution in [3.8, 4) is 11.1 Å². The van der Waals surface area contributed by atoms with Crippen molar-refractivity contribution in [2.24, 2.45) is 5.14 Å². The number of fused-ring (bicyclic) bond motifs is 1. The van der Waals surface area contributed by atoms with Crippen LogP contribution in [0.25, 0.3) is 11.1 Å². The molecule has 1 fully saturated rings. The number of benzene rings is 1. The van der Waals surface area contributed by atoms with E-state index in [2.05, 4.69) is 15.0 Å². The largest absolute Gasteiger partial charge is 0.323 e. The van der Waals surface area contributed by atoms with Crippen LogP contribution >= 0.6 is 12.4 Å². The Morgan fingerprint density at radius 3 is 2.78 bits per heavy atom. The number of hydrogen-bond acceptors (Lipinski definition) is 4. The summed E-state index contributed by atoms with van der Waals surface area (Å²) in [6, 6.07) is 9.67. The predicted molar refractivity (Wildman–Crippen MR) is 104 cm³/mol. The van der Waals surface area contributed by atoms with Crippen LogP contribution in [0.3, 0.4) is 0 Å². The van der Waals surface area contributed by atoms with E-state index >= 15 is 0 Å². The number of carbonyl (C=O) groups excluding carboxylic acids is 1. The maximum atomic E-state index is 12.2. The van der Waals surface area contributed by atoms with Crippen LogP contribution in [0.4, 0.5) is 10.6 Å². The first-order chi connectivity index (χ1) is 12.4. The SMILES string of the molecule is Cl.NS(=O)(=O)NCc1cccc(-c2ccnc3c2CN(C2CC2)C(=O)N3)c1. The van der Waals surface area contributed by atoms with Crippen LogP contribution in [0.15, 0.2) is 36.5 Å². The van der Waals surface area contributed by atoms with E-state index in [-0.39, 0.29) is 25.0 Å². The molecule has 0 atom stereocenters. The van der Waals surface area contributed by atoms with Crippen LogP contribution in [0.1, 0.15) is 24.0 Å². The van der Waals surface area contributed by atoms with Crippen LogP contribution in [0.2, 0.25) is 0 Å². The number of carbonyl (C=O) groups is 1. The fraction of sp³-hybridized carbons (Fsp3) is 0.294. The lowest BCUT2D eigenvalue weighted by molar-refractivity contribution is 0.203. The standard InChI is InChI=1S/C17H19N5O3S.ClH/c18-26(24,25)20-9-11-2-1-3-12(8-11)14-6-7-19-16-15(14)10-22(13-4-5-13)17(23)21-16;/h1-3,6-8,13,20H,4-5,9-10H2,(H2,18,24,25)(H,19,21,23);1H. The Bertz CT molecular complexity index is 978. The molecule has 0 unspecified atom stereocenters. The second-order valence-corrected chi connectivity index (χ2v) is 7.92. The quantitative estimate of drug-likeness (QED) is 0.699. The van der Waals surface area contributed by atoms with Crippen molar-refractivity contribution >= 4 is 34.5 Å². The van der Waals surface area contributed by atoms with Crippen LogP contribution in [0, 0.1) is 0 Å². The second kappa shape index (κ2) is 7.43.